The minimum Gasteiger partial charge on any atom is -0.490 e. The quantitative estimate of drug-likeness (QED) is 0.335. The molecule has 2 heterocycles. The van der Waals surface area contributed by atoms with Crippen LogP contribution in [0.15, 0.2) is 22.7 Å². The monoisotopic (exact) mass is 516 g/mol. The van der Waals surface area contributed by atoms with Crippen molar-refractivity contribution in [1.82, 2.24) is 20.4 Å². The van der Waals surface area contributed by atoms with E-state index >= 15 is 0 Å². The van der Waals surface area contributed by atoms with Gasteiger partial charge in [0.05, 0.1) is 4.88 Å². The van der Waals surface area contributed by atoms with Gasteiger partial charge in [-0.15, -0.1) is 11.3 Å². The second-order valence-electron chi connectivity index (χ2n) is 9.16. The minimum atomic E-state index is -0.900. The highest BCUT2D eigenvalue weighted by Gasteiger charge is 2.19. The van der Waals surface area contributed by atoms with E-state index in [0.29, 0.717) is 23.5 Å². The molecule has 1 unspecified atom stereocenters. The van der Waals surface area contributed by atoms with Gasteiger partial charge in [-0.3, -0.25) is 9.69 Å². The molecule has 3 rings (SSSR count). The van der Waals surface area contributed by atoms with Crippen LogP contribution in [0.2, 0.25) is 0 Å². The molecular formula is C26H36N4O5S. The second kappa shape index (κ2) is 12.4. The number of aromatic nitrogens is 2. The summed E-state index contributed by atoms with van der Waals surface area (Å²) >= 11 is 1.69. The lowest BCUT2D eigenvalue weighted by atomic mass is 10.1. The molecule has 3 N–H and O–H groups in total. The average Bonchev–Trinajstić information content (AvgIpc) is 3.47. The lowest BCUT2D eigenvalue weighted by Gasteiger charge is -2.24. The predicted molar refractivity (Wildman–Crippen MR) is 140 cm³/mol. The van der Waals surface area contributed by atoms with Crippen LogP contribution in [0.4, 0.5) is 0 Å². The van der Waals surface area contributed by atoms with Crippen molar-refractivity contribution < 1.29 is 24.3 Å². The van der Waals surface area contributed by atoms with Crippen LogP contribution in [0.5, 0.6) is 5.75 Å². The van der Waals surface area contributed by atoms with Crippen molar-refractivity contribution in [2.24, 2.45) is 0 Å². The van der Waals surface area contributed by atoms with E-state index in [2.05, 4.69) is 54.1 Å². The van der Waals surface area contributed by atoms with Gasteiger partial charge in [-0.2, -0.15) is 4.98 Å². The molecule has 0 spiro atoms. The summed E-state index contributed by atoms with van der Waals surface area (Å²) < 4.78 is 11.4. The fourth-order valence-electron chi connectivity index (χ4n) is 3.90. The van der Waals surface area contributed by atoms with E-state index < -0.39 is 18.6 Å². The summed E-state index contributed by atoms with van der Waals surface area (Å²) in [6.45, 7) is 13.8. The lowest BCUT2D eigenvalue weighted by molar-refractivity contribution is -0.124. The van der Waals surface area contributed by atoms with E-state index in [1.54, 1.807) is 11.3 Å². The maximum atomic E-state index is 11.1. The number of amides is 1. The van der Waals surface area contributed by atoms with Gasteiger partial charge >= 0.3 is 0 Å². The van der Waals surface area contributed by atoms with Gasteiger partial charge in [0.1, 0.15) is 25.1 Å². The van der Waals surface area contributed by atoms with Crippen molar-refractivity contribution in [1.29, 1.82) is 0 Å². The summed E-state index contributed by atoms with van der Waals surface area (Å²) in [5.74, 6) is 1.11. The first-order chi connectivity index (χ1) is 17.1. The number of aliphatic hydroxyl groups excluding tert-OH is 2. The number of carbonyl (C=O) groups is 1. The van der Waals surface area contributed by atoms with E-state index in [0.717, 1.165) is 34.7 Å². The summed E-state index contributed by atoms with van der Waals surface area (Å²) in [5.41, 5.74) is 3.77. The molecule has 36 heavy (non-hydrogen) atoms. The third kappa shape index (κ3) is 6.91. The highest BCUT2D eigenvalue weighted by molar-refractivity contribution is 7.15. The van der Waals surface area contributed by atoms with Gasteiger partial charge in [-0.25, -0.2) is 0 Å². The third-order valence-electron chi connectivity index (χ3n) is 5.96. The molecule has 0 saturated heterocycles. The number of aryl methyl sites for hydroxylation is 3. The van der Waals surface area contributed by atoms with Crippen LogP contribution in [-0.4, -0.2) is 69.6 Å². The van der Waals surface area contributed by atoms with Gasteiger partial charge in [-0.1, -0.05) is 12.1 Å². The molecule has 1 atom stereocenters. The van der Waals surface area contributed by atoms with Crippen molar-refractivity contribution in [3.05, 3.63) is 39.8 Å². The predicted octanol–water partition coefficient (Wildman–Crippen LogP) is 3.47. The Morgan fingerprint density at radius 1 is 1.19 bits per heavy atom. The van der Waals surface area contributed by atoms with Gasteiger partial charge in [0.15, 0.2) is 0 Å². The largest absolute Gasteiger partial charge is 0.490 e. The molecule has 0 aliphatic carbocycles. The molecule has 9 nitrogen and oxygen atoms in total. The Bertz CT molecular complexity index is 1150. The first-order valence-corrected chi connectivity index (χ1v) is 12.9. The number of benzene rings is 1. The SMILES string of the molecule is CCN(Cc1sc(-c2nc(-c3cc(C)c(OCC(O)CNC(=O)CO)c(C)c3)no2)cc1C)C(C)C. The van der Waals surface area contributed by atoms with Crippen molar-refractivity contribution in [2.75, 3.05) is 26.3 Å². The van der Waals surface area contributed by atoms with Crippen molar-refractivity contribution in [3.63, 3.8) is 0 Å². The van der Waals surface area contributed by atoms with Crippen LogP contribution >= 0.6 is 11.3 Å². The van der Waals surface area contributed by atoms with E-state index in [1.165, 1.54) is 10.4 Å². The number of thiophene rings is 1. The Morgan fingerprint density at radius 2 is 1.89 bits per heavy atom. The Balaban J connectivity index is 1.72. The standard InChI is InChI=1S/C26H36N4O5S/c1-7-30(15(2)3)12-22-16(4)10-21(36-22)26-28-25(29-35-26)19-8-17(5)24(18(6)9-19)34-14-20(32)11-27-23(33)13-31/h8-10,15,20,31-32H,7,11-14H2,1-6H3,(H,27,33). The second-order valence-corrected chi connectivity index (χ2v) is 10.3. The topological polar surface area (TPSA) is 121 Å². The first kappa shape index (κ1) is 27.8. The molecule has 0 aliphatic rings. The Kier molecular flexibility index (Phi) is 9.61. The summed E-state index contributed by atoms with van der Waals surface area (Å²) in [6.07, 6.45) is -0.900. The van der Waals surface area contributed by atoms with E-state index in [-0.39, 0.29) is 13.2 Å². The Labute approximate surface area is 216 Å². The first-order valence-electron chi connectivity index (χ1n) is 12.1. The number of nitrogens with one attached hydrogen (secondary N) is 1. The zero-order valence-corrected chi connectivity index (χ0v) is 22.6. The van der Waals surface area contributed by atoms with E-state index in [1.807, 2.05) is 26.0 Å². The summed E-state index contributed by atoms with van der Waals surface area (Å²) in [4.78, 5) is 20.4. The molecule has 0 radical (unpaired) electrons. The third-order valence-corrected chi connectivity index (χ3v) is 7.17. The Hall–Kier alpha value is -2.79. The molecule has 0 aliphatic heterocycles. The fraction of sp³-hybridized carbons (Fsp3) is 0.500. The molecule has 196 valence electrons. The summed E-state index contributed by atoms with van der Waals surface area (Å²) in [6, 6.07) is 6.42. The number of nitrogens with zero attached hydrogens (tertiary/aromatic N) is 3. The number of rotatable bonds is 12. The molecule has 2 aromatic heterocycles. The average molecular weight is 517 g/mol. The molecule has 0 fully saturated rings. The van der Waals surface area contributed by atoms with Crippen molar-refractivity contribution in [2.45, 2.75) is 60.2 Å². The van der Waals surface area contributed by atoms with Crippen LogP contribution in [0.1, 0.15) is 42.3 Å². The lowest BCUT2D eigenvalue weighted by Crippen LogP contribution is -2.36. The van der Waals surface area contributed by atoms with E-state index in [9.17, 15) is 9.90 Å². The van der Waals surface area contributed by atoms with Gasteiger partial charge in [-0.05, 0) is 76.1 Å². The van der Waals surface area contributed by atoms with Gasteiger partial charge in [0, 0.05) is 29.6 Å². The van der Waals surface area contributed by atoms with Crippen LogP contribution in [0, 0.1) is 20.8 Å². The van der Waals surface area contributed by atoms with Gasteiger partial charge < -0.3 is 24.8 Å². The zero-order chi connectivity index (χ0) is 26.4. The molecule has 1 aromatic carbocycles. The smallest absolute Gasteiger partial charge is 0.268 e. The molecule has 1 amide bonds. The molecular weight excluding hydrogens is 480 g/mol. The van der Waals surface area contributed by atoms with Crippen molar-refractivity contribution in [3.8, 4) is 27.9 Å². The zero-order valence-electron chi connectivity index (χ0n) is 21.8. The molecule has 10 heteroatoms. The minimum absolute atomic E-state index is 0.000930. The normalized spacial score (nSPS) is 12.4. The number of hydrogen-bond donors (Lipinski definition) is 3. The maximum Gasteiger partial charge on any atom is 0.268 e. The maximum absolute atomic E-state index is 11.1. The highest BCUT2D eigenvalue weighted by Crippen LogP contribution is 2.34. The van der Waals surface area contributed by atoms with E-state index in [4.69, 9.17) is 14.4 Å². The van der Waals surface area contributed by atoms with Crippen LogP contribution in [0.3, 0.4) is 0 Å². The van der Waals surface area contributed by atoms with Gasteiger partial charge in [0.2, 0.25) is 11.7 Å². The molecule has 0 saturated carbocycles. The Morgan fingerprint density at radius 3 is 2.50 bits per heavy atom. The number of aliphatic hydroxyl groups is 2. The summed E-state index contributed by atoms with van der Waals surface area (Å²) in [5, 5.41) is 25.4. The summed E-state index contributed by atoms with van der Waals surface area (Å²) in [7, 11) is 0. The fourth-order valence-corrected chi connectivity index (χ4v) is 5.02. The van der Waals surface area contributed by atoms with Crippen LogP contribution in [-0.2, 0) is 11.3 Å². The number of hydrogen-bond acceptors (Lipinski definition) is 9. The van der Waals surface area contributed by atoms with Crippen LogP contribution < -0.4 is 10.1 Å². The number of carbonyl (C=O) groups excluding carboxylic acids is 1. The van der Waals surface area contributed by atoms with Crippen molar-refractivity contribution >= 4 is 17.2 Å². The molecule has 0 bridgehead atoms. The highest BCUT2D eigenvalue weighted by atomic mass is 32.1. The van der Waals surface area contributed by atoms with Gasteiger partial charge in [0.25, 0.3) is 5.89 Å². The molecule has 3 aromatic rings. The van der Waals surface area contributed by atoms with Crippen LogP contribution in [0.25, 0.3) is 22.2 Å². The number of ether oxygens (including phenoxy) is 1.